The van der Waals surface area contributed by atoms with Crippen molar-refractivity contribution in [3.05, 3.63) is 78.0 Å². The minimum Gasteiger partial charge on any atom is -0.455 e. The van der Waals surface area contributed by atoms with Crippen LogP contribution in [0.1, 0.15) is 11.1 Å². The lowest BCUT2D eigenvalue weighted by Crippen LogP contribution is -1.88. The van der Waals surface area contributed by atoms with E-state index in [-0.39, 0.29) is 0 Å². The molecule has 0 fully saturated rings. The molecule has 2 heterocycles. The van der Waals surface area contributed by atoms with Crippen LogP contribution in [-0.4, -0.2) is 4.98 Å². The number of fused-ring (bicyclic) bond motifs is 10. The molecular formula is C22H13NO. The average molecular weight is 307 g/mol. The molecule has 2 nitrogen and oxygen atoms in total. The molecule has 0 unspecified atom stereocenters. The van der Waals surface area contributed by atoms with Crippen LogP contribution in [0.15, 0.2) is 71.3 Å². The number of hydrogen-bond donors (Lipinski definition) is 0. The second-order valence-electron chi connectivity index (χ2n) is 6.39. The number of rotatable bonds is 0. The molecule has 0 saturated heterocycles. The number of furan rings is 1. The van der Waals surface area contributed by atoms with Gasteiger partial charge in [-0.1, -0.05) is 42.5 Å². The normalized spacial score (nSPS) is 12.8. The molecule has 0 radical (unpaired) electrons. The van der Waals surface area contributed by atoms with Crippen molar-refractivity contribution in [1.29, 1.82) is 0 Å². The number of para-hydroxylation sites is 1. The lowest BCUT2D eigenvalue weighted by atomic mass is 9.97. The Morgan fingerprint density at radius 3 is 2.67 bits per heavy atom. The molecule has 0 atom stereocenters. The zero-order chi connectivity index (χ0) is 15.7. The predicted octanol–water partition coefficient (Wildman–Crippen LogP) is 5.71. The van der Waals surface area contributed by atoms with Crippen molar-refractivity contribution in [2.45, 2.75) is 6.42 Å². The van der Waals surface area contributed by atoms with Gasteiger partial charge in [-0.05, 0) is 41.3 Å². The Kier molecular flexibility index (Phi) is 2.17. The highest BCUT2D eigenvalue weighted by molar-refractivity contribution is 6.21. The first-order valence-corrected chi connectivity index (χ1v) is 8.21. The van der Waals surface area contributed by atoms with E-state index < -0.39 is 0 Å². The smallest absolute Gasteiger partial charge is 0.145 e. The number of aromatic nitrogens is 1. The predicted molar refractivity (Wildman–Crippen MR) is 97.3 cm³/mol. The Balaban J connectivity index is 1.95. The van der Waals surface area contributed by atoms with Crippen LogP contribution < -0.4 is 0 Å². The summed E-state index contributed by atoms with van der Waals surface area (Å²) in [6, 6.07) is 21.1. The van der Waals surface area contributed by atoms with Crippen LogP contribution in [0.4, 0.5) is 0 Å². The second kappa shape index (κ2) is 4.24. The van der Waals surface area contributed by atoms with Crippen LogP contribution in [0, 0.1) is 0 Å². The highest BCUT2D eigenvalue weighted by atomic mass is 16.3. The molecule has 2 aromatic heterocycles. The van der Waals surface area contributed by atoms with Gasteiger partial charge in [0.05, 0.1) is 5.52 Å². The third-order valence-electron chi connectivity index (χ3n) is 5.14. The Bertz CT molecular complexity index is 1280. The first kappa shape index (κ1) is 12.3. The largest absolute Gasteiger partial charge is 0.455 e. The van der Waals surface area contributed by atoms with E-state index in [1.807, 2.05) is 24.4 Å². The first-order chi connectivity index (χ1) is 11.9. The van der Waals surface area contributed by atoms with E-state index in [2.05, 4.69) is 42.5 Å². The van der Waals surface area contributed by atoms with Crippen molar-refractivity contribution in [3.8, 4) is 11.1 Å². The van der Waals surface area contributed by atoms with Crippen molar-refractivity contribution in [3.63, 3.8) is 0 Å². The van der Waals surface area contributed by atoms with Gasteiger partial charge in [0.15, 0.2) is 0 Å². The summed E-state index contributed by atoms with van der Waals surface area (Å²) in [5, 5.41) is 3.54. The SMILES string of the molecule is c1ccc2c(c1)Cc1c-2c2ncccc2c2oc3ccccc3c12. The van der Waals surface area contributed by atoms with Crippen molar-refractivity contribution in [1.82, 2.24) is 4.98 Å². The number of nitrogens with zero attached hydrogens (tertiary/aromatic N) is 1. The highest BCUT2D eigenvalue weighted by Crippen LogP contribution is 2.47. The van der Waals surface area contributed by atoms with Gasteiger partial charge in [0.25, 0.3) is 0 Å². The van der Waals surface area contributed by atoms with Crippen molar-refractivity contribution < 1.29 is 4.42 Å². The molecule has 0 bridgehead atoms. The Morgan fingerprint density at radius 1 is 0.833 bits per heavy atom. The van der Waals surface area contributed by atoms with Crippen LogP contribution in [0.2, 0.25) is 0 Å². The molecule has 3 aromatic carbocycles. The maximum Gasteiger partial charge on any atom is 0.145 e. The molecule has 1 aliphatic rings. The van der Waals surface area contributed by atoms with Crippen molar-refractivity contribution in [2.24, 2.45) is 0 Å². The van der Waals surface area contributed by atoms with Crippen molar-refractivity contribution in [2.75, 3.05) is 0 Å². The molecule has 24 heavy (non-hydrogen) atoms. The van der Waals surface area contributed by atoms with Gasteiger partial charge in [0.2, 0.25) is 0 Å². The van der Waals surface area contributed by atoms with Crippen LogP contribution in [-0.2, 0) is 6.42 Å². The summed E-state index contributed by atoms with van der Waals surface area (Å²) < 4.78 is 6.25. The Morgan fingerprint density at radius 2 is 1.67 bits per heavy atom. The van der Waals surface area contributed by atoms with Gasteiger partial charge in [-0.15, -0.1) is 0 Å². The van der Waals surface area contributed by atoms with Gasteiger partial charge in [-0.25, -0.2) is 0 Å². The third-order valence-corrected chi connectivity index (χ3v) is 5.14. The fourth-order valence-corrected chi connectivity index (χ4v) is 4.17. The maximum absolute atomic E-state index is 6.25. The average Bonchev–Trinajstić information content (AvgIpc) is 3.20. The molecule has 6 rings (SSSR count). The summed E-state index contributed by atoms with van der Waals surface area (Å²) >= 11 is 0. The van der Waals surface area contributed by atoms with Crippen LogP contribution in [0.3, 0.4) is 0 Å². The number of hydrogen-bond acceptors (Lipinski definition) is 2. The summed E-state index contributed by atoms with van der Waals surface area (Å²) in [4.78, 5) is 4.71. The molecule has 0 amide bonds. The van der Waals surface area contributed by atoms with Gasteiger partial charge in [0.1, 0.15) is 11.2 Å². The van der Waals surface area contributed by atoms with Crippen molar-refractivity contribution >= 4 is 32.8 Å². The summed E-state index contributed by atoms with van der Waals surface area (Å²) in [6.07, 6.45) is 2.82. The molecule has 0 spiro atoms. The molecule has 0 N–H and O–H groups in total. The molecule has 0 aliphatic heterocycles. The minimum atomic E-state index is 0.943. The standard InChI is InChI=1S/C22H13NO/c1-2-7-14-13(6-1)12-17-19(14)21-16(9-5-11-23-21)22-20(17)15-8-3-4-10-18(15)24-22/h1-11H,12H2. The van der Waals surface area contributed by atoms with E-state index in [0.717, 1.165) is 28.5 Å². The molecule has 5 aromatic rings. The van der Waals surface area contributed by atoms with Gasteiger partial charge in [-0.2, -0.15) is 0 Å². The molecule has 2 heteroatoms. The zero-order valence-electron chi connectivity index (χ0n) is 12.9. The second-order valence-corrected chi connectivity index (χ2v) is 6.39. The minimum absolute atomic E-state index is 0.943. The topological polar surface area (TPSA) is 26.0 Å². The summed E-state index contributed by atoms with van der Waals surface area (Å²) in [5.41, 5.74) is 8.26. The molecular weight excluding hydrogens is 294 g/mol. The van der Waals surface area contributed by atoms with Crippen LogP contribution in [0.5, 0.6) is 0 Å². The third kappa shape index (κ3) is 1.39. The Labute approximate surface area is 138 Å². The number of benzene rings is 3. The fourth-order valence-electron chi connectivity index (χ4n) is 4.17. The van der Waals surface area contributed by atoms with E-state index >= 15 is 0 Å². The highest BCUT2D eigenvalue weighted by Gasteiger charge is 2.27. The van der Waals surface area contributed by atoms with E-state index in [1.165, 1.54) is 33.0 Å². The van der Waals surface area contributed by atoms with E-state index in [1.54, 1.807) is 0 Å². The van der Waals surface area contributed by atoms with Crippen LogP contribution in [0.25, 0.3) is 44.0 Å². The lowest BCUT2D eigenvalue weighted by molar-refractivity contribution is 0.672. The fraction of sp³-hybridized carbons (Fsp3) is 0.0455. The van der Waals surface area contributed by atoms with Gasteiger partial charge in [0, 0.05) is 27.9 Å². The number of pyridine rings is 1. The first-order valence-electron chi connectivity index (χ1n) is 8.21. The van der Waals surface area contributed by atoms with Gasteiger partial charge >= 0.3 is 0 Å². The van der Waals surface area contributed by atoms with Gasteiger partial charge in [-0.3, -0.25) is 4.98 Å². The van der Waals surface area contributed by atoms with E-state index in [9.17, 15) is 0 Å². The lowest BCUT2D eigenvalue weighted by Gasteiger charge is -2.07. The molecule has 0 saturated carbocycles. The summed E-state index contributed by atoms with van der Waals surface area (Å²) in [6.45, 7) is 0. The molecule has 1 aliphatic carbocycles. The van der Waals surface area contributed by atoms with E-state index in [4.69, 9.17) is 9.40 Å². The summed E-state index contributed by atoms with van der Waals surface area (Å²) in [7, 11) is 0. The monoisotopic (exact) mass is 307 g/mol. The maximum atomic E-state index is 6.25. The van der Waals surface area contributed by atoms with E-state index in [0.29, 0.717) is 0 Å². The van der Waals surface area contributed by atoms with Crippen LogP contribution >= 0.6 is 0 Å². The quantitative estimate of drug-likeness (QED) is 0.359. The molecule has 112 valence electrons. The van der Waals surface area contributed by atoms with Gasteiger partial charge < -0.3 is 4.42 Å². The summed E-state index contributed by atoms with van der Waals surface area (Å²) in [5.74, 6) is 0. The zero-order valence-corrected chi connectivity index (χ0v) is 12.9. The Hall–Kier alpha value is -3.13.